The standard InChI is InChI=1S/C23H25FN6O4/c1-3-28(2)16-10-17(29-9-8-25-12-18(29)31)21-27-19(20(32)23(34)30(21)13-16)22(33)26-11-14-4-6-15(24)7-5-14/h4-7,10,13,25,32H,3,8-9,11-12H2,1-2H3,(H,26,33). The zero-order valence-corrected chi connectivity index (χ0v) is 18.8. The number of hydrogen-bond donors (Lipinski definition) is 3. The summed E-state index contributed by atoms with van der Waals surface area (Å²) in [6.45, 7) is 3.66. The Bertz CT molecular complexity index is 1310. The lowest BCUT2D eigenvalue weighted by atomic mass is 10.2. The molecule has 10 nitrogen and oxygen atoms in total. The second-order valence-electron chi connectivity index (χ2n) is 7.94. The third-order valence-electron chi connectivity index (χ3n) is 5.74. The van der Waals surface area contributed by atoms with Crippen LogP contribution in [-0.4, -0.2) is 59.5 Å². The Morgan fingerprint density at radius 1 is 1.29 bits per heavy atom. The fraction of sp³-hybridized carbons (Fsp3) is 0.304. The summed E-state index contributed by atoms with van der Waals surface area (Å²) in [7, 11) is 1.83. The molecule has 1 aromatic carbocycles. The summed E-state index contributed by atoms with van der Waals surface area (Å²) >= 11 is 0. The van der Waals surface area contributed by atoms with E-state index < -0.39 is 28.7 Å². The predicted molar refractivity (Wildman–Crippen MR) is 125 cm³/mol. The van der Waals surface area contributed by atoms with E-state index in [2.05, 4.69) is 15.6 Å². The first-order valence-corrected chi connectivity index (χ1v) is 10.8. The average Bonchev–Trinajstić information content (AvgIpc) is 2.85. The number of fused-ring (bicyclic) bond motifs is 1. The van der Waals surface area contributed by atoms with Gasteiger partial charge in [0.05, 0.1) is 17.9 Å². The van der Waals surface area contributed by atoms with Crippen LogP contribution < -0.4 is 26.0 Å². The average molecular weight is 468 g/mol. The van der Waals surface area contributed by atoms with Gasteiger partial charge in [-0.25, -0.2) is 9.37 Å². The summed E-state index contributed by atoms with van der Waals surface area (Å²) in [5.74, 6) is -2.18. The summed E-state index contributed by atoms with van der Waals surface area (Å²) in [6.07, 6.45) is 1.52. The van der Waals surface area contributed by atoms with Crippen molar-refractivity contribution in [1.29, 1.82) is 0 Å². The van der Waals surface area contributed by atoms with Crippen molar-refractivity contribution in [2.24, 2.45) is 0 Å². The zero-order valence-electron chi connectivity index (χ0n) is 18.8. The second kappa shape index (κ2) is 9.48. The third-order valence-corrected chi connectivity index (χ3v) is 5.74. The lowest BCUT2D eigenvalue weighted by Crippen LogP contribution is -2.48. The maximum Gasteiger partial charge on any atom is 0.301 e. The van der Waals surface area contributed by atoms with E-state index in [-0.39, 0.29) is 24.6 Å². The van der Waals surface area contributed by atoms with E-state index in [9.17, 15) is 23.9 Å². The number of hydrogen-bond acceptors (Lipinski definition) is 7. The van der Waals surface area contributed by atoms with Gasteiger partial charge in [-0.15, -0.1) is 0 Å². The molecular formula is C23H25FN6O4. The highest BCUT2D eigenvalue weighted by Gasteiger charge is 2.26. The van der Waals surface area contributed by atoms with Gasteiger partial charge in [-0.05, 0) is 30.7 Å². The summed E-state index contributed by atoms with van der Waals surface area (Å²) < 4.78 is 14.3. The van der Waals surface area contributed by atoms with Crippen molar-refractivity contribution in [2.45, 2.75) is 13.5 Å². The van der Waals surface area contributed by atoms with E-state index in [0.717, 1.165) is 4.40 Å². The molecular weight excluding hydrogens is 443 g/mol. The topological polar surface area (TPSA) is 119 Å². The number of rotatable bonds is 6. The maximum absolute atomic E-state index is 13.1. The fourth-order valence-electron chi connectivity index (χ4n) is 3.68. The van der Waals surface area contributed by atoms with Crippen LogP contribution in [0.4, 0.5) is 15.8 Å². The molecule has 0 aliphatic carbocycles. The number of nitrogens with one attached hydrogen (secondary N) is 2. The molecule has 4 rings (SSSR count). The maximum atomic E-state index is 13.1. The molecule has 0 unspecified atom stereocenters. The Labute approximate surface area is 194 Å². The van der Waals surface area contributed by atoms with Crippen molar-refractivity contribution in [3.05, 3.63) is 64.0 Å². The number of anilines is 2. The lowest BCUT2D eigenvalue weighted by Gasteiger charge is -2.29. The van der Waals surface area contributed by atoms with Gasteiger partial charge in [0, 0.05) is 39.4 Å². The van der Waals surface area contributed by atoms with Gasteiger partial charge in [-0.3, -0.25) is 18.8 Å². The van der Waals surface area contributed by atoms with Crippen LogP contribution in [0.2, 0.25) is 0 Å². The largest absolute Gasteiger partial charge is 0.501 e. The Balaban J connectivity index is 1.79. The number of aromatic hydroxyl groups is 1. The molecule has 34 heavy (non-hydrogen) atoms. The van der Waals surface area contributed by atoms with E-state index in [4.69, 9.17) is 0 Å². The van der Waals surface area contributed by atoms with Gasteiger partial charge in [0.15, 0.2) is 11.3 Å². The molecule has 1 fully saturated rings. The highest BCUT2D eigenvalue weighted by molar-refractivity contribution is 6.00. The minimum absolute atomic E-state index is 0.0446. The van der Waals surface area contributed by atoms with E-state index in [1.807, 2.05) is 18.9 Å². The van der Waals surface area contributed by atoms with Crippen LogP contribution in [0.25, 0.3) is 5.65 Å². The smallest absolute Gasteiger partial charge is 0.301 e. The highest BCUT2D eigenvalue weighted by atomic mass is 19.1. The van der Waals surface area contributed by atoms with Crippen LogP contribution in [0.5, 0.6) is 5.75 Å². The number of carbonyl (C=O) groups excluding carboxylic acids is 2. The molecule has 0 saturated carbocycles. The third kappa shape index (κ3) is 4.42. The number of benzene rings is 1. The van der Waals surface area contributed by atoms with Gasteiger partial charge >= 0.3 is 5.56 Å². The van der Waals surface area contributed by atoms with Gasteiger partial charge in [0.25, 0.3) is 5.91 Å². The number of aromatic nitrogens is 2. The summed E-state index contributed by atoms with van der Waals surface area (Å²) in [6, 6.07) is 7.30. The van der Waals surface area contributed by atoms with Crippen LogP contribution in [0.3, 0.4) is 0 Å². The van der Waals surface area contributed by atoms with Crippen molar-refractivity contribution in [2.75, 3.05) is 43.0 Å². The predicted octanol–water partition coefficient (Wildman–Crippen LogP) is 0.862. The van der Waals surface area contributed by atoms with Crippen molar-refractivity contribution < 1.29 is 19.1 Å². The molecule has 0 spiro atoms. The Morgan fingerprint density at radius 3 is 2.71 bits per heavy atom. The van der Waals surface area contributed by atoms with Gasteiger partial charge in [0.2, 0.25) is 11.7 Å². The van der Waals surface area contributed by atoms with E-state index >= 15 is 0 Å². The number of nitrogens with zero attached hydrogens (tertiary/aromatic N) is 4. The molecule has 0 bridgehead atoms. The number of amides is 2. The van der Waals surface area contributed by atoms with E-state index in [1.165, 1.54) is 35.4 Å². The van der Waals surface area contributed by atoms with Crippen LogP contribution in [0.1, 0.15) is 23.0 Å². The molecule has 3 N–H and O–H groups in total. The first kappa shape index (κ1) is 23.2. The monoisotopic (exact) mass is 468 g/mol. The Morgan fingerprint density at radius 2 is 2.03 bits per heavy atom. The van der Waals surface area contributed by atoms with Crippen molar-refractivity contribution in [1.82, 2.24) is 20.0 Å². The van der Waals surface area contributed by atoms with Crippen molar-refractivity contribution in [3.63, 3.8) is 0 Å². The molecule has 3 heterocycles. The number of carbonyl (C=O) groups is 2. The summed E-state index contributed by atoms with van der Waals surface area (Å²) in [5, 5.41) is 16.1. The van der Waals surface area contributed by atoms with Gasteiger partial charge < -0.3 is 25.5 Å². The quantitative estimate of drug-likeness (QED) is 0.491. The molecule has 1 aliphatic rings. The Kier molecular flexibility index (Phi) is 6.46. The van der Waals surface area contributed by atoms with E-state index in [1.54, 1.807) is 6.07 Å². The summed E-state index contributed by atoms with van der Waals surface area (Å²) in [5.41, 5.74) is 0.450. The normalized spacial score (nSPS) is 13.9. The molecule has 2 amide bonds. The lowest BCUT2D eigenvalue weighted by molar-refractivity contribution is -0.118. The highest BCUT2D eigenvalue weighted by Crippen LogP contribution is 2.28. The first-order valence-electron chi connectivity index (χ1n) is 10.8. The van der Waals surface area contributed by atoms with Crippen LogP contribution in [-0.2, 0) is 11.3 Å². The molecule has 2 aromatic heterocycles. The molecule has 178 valence electrons. The molecule has 0 atom stereocenters. The first-order chi connectivity index (χ1) is 16.3. The molecule has 3 aromatic rings. The number of piperazine rings is 1. The second-order valence-corrected chi connectivity index (χ2v) is 7.94. The minimum Gasteiger partial charge on any atom is -0.501 e. The van der Waals surface area contributed by atoms with Crippen LogP contribution in [0, 0.1) is 5.82 Å². The zero-order chi connectivity index (χ0) is 24.4. The Hall–Kier alpha value is -3.99. The number of halogens is 1. The minimum atomic E-state index is -0.827. The van der Waals surface area contributed by atoms with Crippen LogP contribution in [0.15, 0.2) is 41.3 Å². The van der Waals surface area contributed by atoms with Gasteiger partial charge in [-0.2, -0.15) is 0 Å². The molecule has 0 radical (unpaired) electrons. The molecule has 1 aliphatic heterocycles. The van der Waals surface area contributed by atoms with Crippen molar-refractivity contribution >= 4 is 28.8 Å². The fourth-order valence-corrected chi connectivity index (χ4v) is 3.68. The van der Waals surface area contributed by atoms with Gasteiger partial charge in [0.1, 0.15) is 5.82 Å². The van der Waals surface area contributed by atoms with E-state index in [0.29, 0.717) is 36.6 Å². The SMILES string of the molecule is CCN(C)c1cc(N2CCNCC2=O)c2nc(C(=O)NCc3ccc(F)cc3)c(O)c(=O)n2c1. The molecule has 1 saturated heterocycles. The number of pyridine rings is 1. The van der Waals surface area contributed by atoms with Crippen LogP contribution >= 0.6 is 0 Å². The molecule has 11 heteroatoms. The van der Waals surface area contributed by atoms with Gasteiger partial charge in [-0.1, -0.05) is 12.1 Å². The summed E-state index contributed by atoms with van der Waals surface area (Å²) in [4.78, 5) is 46.2. The van der Waals surface area contributed by atoms with Crippen molar-refractivity contribution in [3.8, 4) is 5.75 Å².